The van der Waals surface area contributed by atoms with Crippen molar-refractivity contribution in [1.29, 1.82) is 0 Å². The number of nitrogen functional groups attached to an aromatic ring is 1. The van der Waals surface area contributed by atoms with E-state index < -0.39 is 5.82 Å². The Morgan fingerprint density at radius 3 is 2.80 bits per heavy atom. The Morgan fingerprint density at radius 1 is 1.15 bits per heavy atom. The highest BCUT2D eigenvalue weighted by molar-refractivity contribution is 5.89. The van der Waals surface area contributed by atoms with Crippen molar-refractivity contribution in [2.75, 3.05) is 5.73 Å². The van der Waals surface area contributed by atoms with Gasteiger partial charge in [-0.25, -0.2) is 4.39 Å². The number of halogens is 1. The summed E-state index contributed by atoms with van der Waals surface area (Å²) in [5.41, 5.74) is 7.96. The SMILES string of the molecule is Cc1ccc(F)c(Oc2c(N)cnc3ccccc23)c1. The quantitative estimate of drug-likeness (QED) is 0.762. The summed E-state index contributed by atoms with van der Waals surface area (Å²) in [6.07, 6.45) is 1.52. The first-order valence-corrected chi connectivity index (χ1v) is 6.22. The summed E-state index contributed by atoms with van der Waals surface area (Å²) in [7, 11) is 0. The molecule has 0 saturated heterocycles. The third-order valence-electron chi connectivity index (χ3n) is 3.05. The second-order valence-corrected chi connectivity index (χ2v) is 4.60. The minimum atomic E-state index is -0.420. The molecule has 2 aromatic carbocycles. The Labute approximate surface area is 115 Å². The highest BCUT2D eigenvalue weighted by Crippen LogP contribution is 2.35. The standard InChI is InChI=1S/C16H13FN2O/c1-10-6-7-12(17)15(8-10)20-16-11-4-2-3-5-14(11)19-9-13(16)18/h2-9H,18H2,1H3. The van der Waals surface area contributed by atoms with Crippen molar-refractivity contribution in [3.63, 3.8) is 0 Å². The lowest BCUT2D eigenvalue weighted by atomic mass is 10.2. The summed E-state index contributed by atoms with van der Waals surface area (Å²) in [4.78, 5) is 4.22. The van der Waals surface area contributed by atoms with Gasteiger partial charge in [0.25, 0.3) is 0 Å². The average Bonchev–Trinajstić information content (AvgIpc) is 2.46. The molecule has 0 atom stereocenters. The number of fused-ring (bicyclic) bond motifs is 1. The highest BCUT2D eigenvalue weighted by atomic mass is 19.1. The van der Waals surface area contributed by atoms with Crippen LogP contribution < -0.4 is 10.5 Å². The number of nitrogens with zero attached hydrogens (tertiary/aromatic N) is 1. The van der Waals surface area contributed by atoms with Crippen LogP contribution in [0.3, 0.4) is 0 Å². The zero-order valence-electron chi connectivity index (χ0n) is 10.9. The van der Waals surface area contributed by atoms with Crippen molar-refractivity contribution in [3.05, 3.63) is 60.0 Å². The Balaban J connectivity index is 2.15. The van der Waals surface area contributed by atoms with Crippen LogP contribution in [0.15, 0.2) is 48.7 Å². The number of para-hydroxylation sites is 1. The monoisotopic (exact) mass is 268 g/mol. The van der Waals surface area contributed by atoms with Crippen LogP contribution >= 0.6 is 0 Å². The van der Waals surface area contributed by atoms with Crippen LogP contribution in [0.2, 0.25) is 0 Å². The first-order valence-electron chi connectivity index (χ1n) is 6.22. The van der Waals surface area contributed by atoms with E-state index in [4.69, 9.17) is 10.5 Å². The van der Waals surface area contributed by atoms with E-state index in [1.165, 1.54) is 12.3 Å². The zero-order valence-corrected chi connectivity index (χ0v) is 10.9. The van der Waals surface area contributed by atoms with Crippen molar-refractivity contribution in [2.45, 2.75) is 6.92 Å². The van der Waals surface area contributed by atoms with Gasteiger partial charge in [-0.05, 0) is 36.8 Å². The molecule has 100 valence electrons. The smallest absolute Gasteiger partial charge is 0.165 e. The van der Waals surface area contributed by atoms with Crippen molar-refractivity contribution in [2.24, 2.45) is 0 Å². The van der Waals surface area contributed by atoms with E-state index in [9.17, 15) is 4.39 Å². The molecule has 3 rings (SSSR count). The third kappa shape index (κ3) is 2.16. The minimum Gasteiger partial charge on any atom is -0.451 e. The molecule has 4 heteroatoms. The molecule has 0 aliphatic carbocycles. The fraction of sp³-hybridized carbons (Fsp3) is 0.0625. The van der Waals surface area contributed by atoms with Gasteiger partial charge in [-0.1, -0.05) is 18.2 Å². The Hall–Kier alpha value is -2.62. The predicted octanol–water partition coefficient (Wildman–Crippen LogP) is 4.06. The summed E-state index contributed by atoms with van der Waals surface area (Å²) in [5.74, 6) is 0.170. The molecule has 0 saturated carbocycles. The number of aryl methyl sites for hydroxylation is 1. The maximum Gasteiger partial charge on any atom is 0.165 e. The van der Waals surface area contributed by atoms with Gasteiger partial charge in [-0.15, -0.1) is 0 Å². The average molecular weight is 268 g/mol. The normalized spacial score (nSPS) is 10.7. The van der Waals surface area contributed by atoms with Gasteiger partial charge in [0.15, 0.2) is 17.3 Å². The lowest BCUT2D eigenvalue weighted by Crippen LogP contribution is -1.96. The number of pyridine rings is 1. The highest BCUT2D eigenvalue weighted by Gasteiger charge is 2.11. The van der Waals surface area contributed by atoms with Crippen LogP contribution in [0, 0.1) is 12.7 Å². The van der Waals surface area contributed by atoms with Crippen molar-refractivity contribution in [3.8, 4) is 11.5 Å². The van der Waals surface area contributed by atoms with Crippen LogP contribution in [0.1, 0.15) is 5.56 Å². The number of benzene rings is 2. The molecule has 20 heavy (non-hydrogen) atoms. The Bertz CT molecular complexity index is 787. The molecule has 0 bridgehead atoms. The molecule has 0 unspecified atom stereocenters. The summed E-state index contributed by atoms with van der Waals surface area (Å²) in [5, 5.41) is 0.758. The largest absolute Gasteiger partial charge is 0.451 e. The Kier molecular flexibility index (Phi) is 2.99. The summed E-state index contributed by atoms with van der Waals surface area (Å²) < 4.78 is 19.5. The molecule has 0 aliphatic rings. The van der Waals surface area contributed by atoms with Crippen LogP contribution in [0.4, 0.5) is 10.1 Å². The molecule has 0 radical (unpaired) electrons. The second kappa shape index (κ2) is 4.81. The maximum absolute atomic E-state index is 13.8. The fourth-order valence-electron chi connectivity index (χ4n) is 2.04. The van der Waals surface area contributed by atoms with Gasteiger partial charge >= 0.3 is 0 Å². The van der Waals surface area contributed by atoms with Crippen LogP contribution in [0.25, 0.3) is 10.9 Å². The lowest BCUT2D eigenvalue weighted by molar-refractivity contribution is 0.447. The number of hydrogen-bond donors (Lipinski definition) is 1. The van der Waals surface area contributed by atoms with E-state index in [1.807, 2.05) is 31.2 Å². The van der Waals surface area contributed by atoms with Crippen molar-refractivity contribution in [1.82, 2.24) is 4.98 Å². The fourth-order valence-corrected chi connectivity index (χ4v) is 2.04. The number of ether oxygens (including phenoxy) is 1. The van der Waals surface area contributed by atoms with Gasteiger partial charge < -0.3 is 10.5 Å². The number of nitrogens with two attached hydrogens (primary N) is 1. The van der Waals surface area contributed by atoms with Gasteiger partial charge in [0, 0.05) is 5.39 Å². The third-order valence-corrected chi connectivity index (χ3v) is 3.05. The summed E-state index contributed by atoms with van der Waals surface area (Å²) in [6, 6.07) is 12.2. The van der Waals surface area contributed by atoms with Gasteiger partial charge in [0.2, 0.25) is 0 Å². The maximum atomic E-state index is 13.8. The summed E-state index contributed by atoms with van der Waals surface area (Å²) in [6.45, 7) is 1.88. The molecule has 0 amide bonds. The molecule has 0 fully saturated rings. The van der Waals surface area contributed by atoms with E-state index in [-0.39, 0.29) is 5.75 Å². The molecule has 3 aromatic rings. The second-order valence-electron chi connectivity index (χ2n) is 4.60. The number of anilines is 1. The van der Waals surface area contributed by atoms with Crippen LogP contribution in [0.5, 0.6) is 11.5 Å². The van der Waals surface area contributed by atoms with Crippen molar-refractivity contribution < 1.29 is 9.13 Å². The minimum absolute atomic E-state index is 0.160. The number of hydrogen-bond acceptors (Lipinski definition) is 3. The zero-order chi connectivity index (χ0) is 14.1. The molecule has 2 N–H and O–H groups in total. The van der Waals surface area contributed by atoms with Crippen LogP contribution in [-0.2, 0) is 0 Å². The van der Waals surface area contributed by atoms with Crippen molar-refractivity contribution >= 4 is 16.6 Å². The number of rotatable bonds is 2. The van der Waals surface area contributed by atoms with Gasteiger partial charge in [0.1, 0.15) is 0 Å². The van der Waals surface area contributed by atoms with Gasteiger partial charge in [-0.2, -0.15) is 0 Å². The topological polar surface area (TPSA) is 48.1 Å². The molecule has 1 aromatic heterocycles. The van der Waals surface area contributed by atoms with E-state index in [0.29, 0.717) is 11.4 Å². The summed E-state index contributed by atoms with van der Waals surface area (Å²) >= 11 is 0. The molecule has 0 spiro atoms. The van der Waals surface area contributed by atoms with E-state index in [1.54, 1.807) is 12.1 Å². The van der Waals surface area contributed by atoms with E-state index >= 15 is 0 Å². The van der Waals surface area contributed by atoms with E-state index in [0.717, 1.165) is 16.5 Å². The first-order chi connectivity index (χ1) is 9.65. The molecular weight excluding hydrogens is 255 g/mol. The molecular formula is C16H13FN2O. The Morgan fingerprint density at radius 2 is 1.95 bits per heavy atom. The number of aromatic nitrogens is 1. The molecule has 1 heterocycles. The molecule has 3 nitrogen and oxygen atoms in total. The van der Waals surface area contributed by atoms with E-state index in [2.05, 4.69) is 4.98 Å². The van der Waals surface area contributed by atoms with Crippen LogP contribution in [-0.4, -0.2) is 4.98 Å². The van der Waals surface area contributed by atoms with Gasteiger partial charge in [-0.3, -0.25) is 4.98 Å². The van der Waals surface area contributed by atoms with Gasteiger partial charge in [0.05, 0.1) is 17.4 Å². The molecule has 0 aliphatic heterocycles. The lowest BCUT2D eigenvalue weighted by Gasteiger charge is -2.12. The predicted molar refractivity (Wildman–Crippen MR) is 77.4 cm³/mol. The first kappa shape index (κ1) is 12.4.